The van der Waals surface area contributed by atoms with E-state index in [1.165, 1.54) is 97.1 Å². The summed E-state index contributed by atoms with van der Waals surface area (Å²) in [7, 11) is -17.3. The standard InChI is InChI=1S/4C6H7NO3S.Ti/c4*7-5-1-3-6(4-2-5)11(8,9)10;/h4*1-4H,7H2,(H,8,9,10);/q;;;;+4/p-4. The summed E-state index contributed by atoms with van der Waals surface area (Å²) in [6, 6.07) is 20.4. The summed E-state index contributed by atoms with van der Waals surface area (Å²) >= 11 is 0. The van der Waals surface area contributed by atoms with E-state index >= 15 is 0 Å². The Morgan fingerprint density at radius 1 is 0.311 bits per heavy atom. The van der Waals surface area contributed by atoms with Crippen LogP contribution in [0.4, 0.5) is 22.7 Å². The second kappa shape index (κ2) is 17.2. The maximum Gasteiger partial charge on any atom is 4.00 e. The van der Waals surface area contributed by atoms with Gasteiger partial charge in [0.1, 0.15) is 40.5 Å². The molecule has 0 bridgehead atoms. The molecule has 0 aromatic heterocycles. The Morgan fingerprint density at radius 3 is 0.511 bits per heavy atom. The van der Waals surface area contributed by atoms with Gasteiger partial charge in [-0.15, -0.1) is 0 Å². The van der Waals surface area contributed by atoms with E-state index in [1.54, 1.807) is 0 Å². The van der Waals surface area contributed by atoms with Gasteiger partial charge < -0.3 is 41.1 Å². The third kappa shape index (κ3) is 16.4. The third-order valence-corrected chi connectivity index (χ3v) is 8.07. The van der Waals surface area contributed by atoms with E-state index in [-0.39, 0.29) is 41.3 Å². The van der Waals surface area contributed by atoms with Gasteiger partial charge in [-0.2, -0.15) is 0 Å². The summed E-state index contributed by atoms with van der Waals surface area (Å²) in [6.45, 7) is 0. The minimum absolute atomic E-state index is 0. The first-order valence-corrected chi connectivity index (χ1v) is 16.9. The summed E-state index contributed by atoms with van der Waals surface area (Å²) in [5.74, 6) is 0. The SMILES string of the molecule is Nc1ccc(S(=O)(=O)[O-])cc1.Nc1ccc(S(=O)(=O)[O-])cc1.Nc1ccc(S(=O)(=O)[O-])cc1.Nc1ccc(S(=O)(=O)[O-])cc1.[Ti+4]. The Morgan fingerprint density at radius 2 is 0.422 bits per heavy atom. The third-order valence-electron chi connectivity index (χ3n) is 4.68. The largest absolute Gasteiger partial charge is 4.00 e. The van der Waals surface area contributed by atoms with E-state index in [1.807, 2.05) is 0 Å². The van der Waals surface area contributed by atoms with E-state index in [2.05, 4.69) is 0 Å². The van der Waals surface area contributed by atoms with Crippen LogP contribution in [0.5, 0.6) is 0 Å². The summed E-state index contributed by atoms with van der Waals surface area (Å²) in [6.07, 6.45) is 0. The van der Waals surface area contributed by atoms with E-state index < -0.39 is 40.5 Å². The molecule has 0 fully saturated rings. The molecule has 0 heterocycles. The van der Waals surface area contributed by atoms with Crippen LogP contribution in [0.25, 0.3) is 0 Å². The smallest absolute Gasteiger partial charge is 0.744 e. The summed E-state index contributed by atoms with van der Waals surface area (Å²) in [5, 5.41) is 0. The Balaban J connectivity index is 0.000000569. The van der Waals surface area contributed by atoms with Gasteiger partial charge in [0.05, 0.1) is 19.6 Å². The average Bonchev–Trinajstić information content (AvgIpc) is 2.89. The van der Waals surface area contributed by atoms with Crippen LogP contribution in [0.3, 0.4) is 0 Å². The van der Waals surface area contributed by atoms with E-state index in [9.17, 15) is 51.9 Å². The van der Waals surface area contributed by atoms with Crippen molar-refractivity contribution in [3.05, 3.63) is 97.1 Å². The predicted octanol–water partition coefficient (Wildman–Crippen LogP) is 0.689. The zero-order chi connectivity index (χ0) is 33.9. The van der Waals surface area contributed by atoms with Crippen LogP contribution in [0.15, 0.2) is 117 Å². The van der Waals surface area contributed by atoms with Gasteiger partial charge in [0.15, 0.2) is 0 Å². The van der Waals surface area contributed by atoms with Crippen molar-refractivity contribution in [1.82, 2.24) is 0 Å². The predicted molar refractivity (Wildman–Crippen MR) is 155 cm³/mol. The molecule has 4 rings (SSSR count). The molecular formula is C24H24N4O12S4Ti. The van der Waals surface area contributed by atoms with Crippen LogP contribution < -0.4 is 22.9 Å². The average molecular weight is 737 g/mol. The van der Waals surface area contributed by atoms with Crippen molar-refractivity contribution in [2.75, 3.05) is 22.9 Å². The molecule has 0 amide bonds. The summed E-state index contributed by atoms with van der Waals surface area (Å²) in [5.41, 5.74) is 22.8. The summed E-state index contributed by atoms with van der Waals surface area (Å²) < 4.78 is 124. The molecule has 0 unspecified atom stereocenters. The molecule has 0 atom stereocenters. The van der Waals surface area contributed by atoms with E-state index in [4.69, 9.17) is 22.9 Å². The number of benzene rings is 4. The fraction of sp³-hybridized carbons (Fsp3) is 0. The van der Waals surface area contributed by atoms with Crippen LogP contribution in [0.1, 0.15) is 0 Å². The van der Waals surface area contributed by atoms with Crippen molar-refractivity contribution in [3.8, 4) is 0 Å². The van der Waals surface area contributed by atoms with Gasteiger partial charge in [-0.3, -0.25) is 0 Å². The van der Waals surface area contributed by atoms with Crippen molar-refractivity contribution in [1.29, 1.82) is 0 Å². The van der Waals surface area contributed by atoms with Gasteiger partial charge in [-0.1, -0.05) is 0 Å². The van der Waals surface area contributed by atoms with Crippen molar-refractivity contribution in [3.63, 3.8) is 0 Å². The Kier molecular flexibility index (Phi) is 15.9. The molecule has 240 valence electrons. The molecule has 21 heteroatoms. The maximum absolute atomic E-state index is 10.3. The number of hydrogen-bond donors (Lipinski definition) is 4. The quantitative estimate of drug-likeness (QED) is 0.127. The first-order chi connectivity index (χ1) is 20.0. The first-order valence-electron chi connectivity index (χ1n) is 11.3. The Bertz CT molecular complexity index is 1660. The summed E-state index contributed by atoms with van der Waals surface area (Å²) in [4.78, 5) is -1.03. The molecule has 8 N–H and O–H groups in total. The number of rotatable bonds is 4. The molecular weight excluding hydrogens is 712 g/mol. The minimum Gasteiger partial charge on any atom is -0.744 e. The van der Waals surface area contributed by atoms with Gasteiger partial charge in [0, 0.05) is 22.7 Å². The van der Waals surface area contributed by atoms with Crippen LogP contribution in [-0.4, -0.2) is 51.9 Å². The van der Waals surface area contributed by atoms with Crippen LogP contribution in [0, 0.1) is 0 Å². The molecule has 0 spiro atoms. The fourth-order valence-corrected chi connectivity index (χ4v) is 4.42. The zero-order valence-electron chi connectivity index (χ0n) is 22.6. The molecule has 0 aliphatic heterocycles. The van der Waals surface area contributed by atoms with Crippen molar-refractivity contribution in [2.24, 2.45) is 0 Å². The molecule has 4 aromatic carbocycles. The first kappa shape index (κ1) is 41.4. The number of anilines is 4. The van der Waals surface area contributed by atoms with Crippen molar-refractivity contribution >= 4 is 63.2 Å². The zero-order valence-corrected chi connectivity index (χ0v) is 27.4. The van der Waals surface area contributed by atoms with Crippen LogP contribution >= 0.6 is 0 Å². The van der Waals surface area contributed by atoms with Gasteiger partial charge in [0.25, 0.3) is 0 Å². The molecule has 16 nitrogen and oxygen atoms in total. The molecule has 0 radical (unpaired) electrons. The van der Waals surface area contributed by atoms with Gasteiger partial charge in [-0.25, -0.2) is 33.7 Å². The maximum atomic E-state index is 10.3. The normalized spacial score (nSPS) is 11.1. The molecule has 0 aliphatic rings. The fourth-order valence-electron chi connectivity index (χ4n) is 2.54. The molecule has 0 aliphatic carbocycles. The van der Waals surface area contributed by atoms with Gasteiger partial charge in [-0.05, 0) is 97.1 Å². The van der Waals surface area contributed by atoms with Gasteiger partial charge >= 0.3 is 21.7 Å². The Hall–Kier alpha value is -3.57. The molecule has 0 saturated heterocycles. The molecule has 0 saturated carbocycles. The number of nitrogens with two attached hydrogens (primary N) is 4. The Labute approximate surface area is 275 Å². The van der Waals surface area contributed by atoms with E-state index in [0.717, 1.165) is 0 Å². The monoisotopic (exact) mass is 736 g/mol. The topological polar surface area (TPSA) is 333 Å². The van der Waals surface area contributed by atoms with Crippen molar-refractivity contribution < 1.29 is 73.6 Å². The van der Waals surface area contributed by atoms with Crippen LogP contribution in [-0.2, 0) is 62.2 Å². The second-order valence-electron chi connectivity index (χ2n) is 8.09. The number of nitrogen functional groups attached to an aromatic ring is 4. The van der Waals surface area contributed by atoms with Gasteiger partial charge in [0.2, 0.25) is 0 Å². The van der Waals surface area contributed by atoms with E-state index in [0.29, 0.717) is 22.7 Å². The molecule has 4 aromatic rings. The second-order valence-corrected chi connectivity index (χ2v) is 13.6. The minimum atomic E-state index is -4.33. The van der Waals surface area contributed by atoms with Crippen molar-refractivity contribution in [2.45, 2.75) is 19.6 Å². The molecule has 45 heavy (non-hydrogen) atoms. The van der Waals surface area contributed by atoms with Crippen LogP contribution in [0.2, 0.25) is 0 Å². The number of hydrogen-bond acceptors (Lipinski definition) is 16.